The highest BCUT2D eigenvalue weighted by atomic mass is 19.3. The van der Waals surface area contributed by atoms with Gasteiger partial charge >= 0.3 is 0 Å². The lowest BCUT2D eigenvalue weighted by molar-refractivity contribution is -0.117. The normalized spacial score (nSPS) is 13.8. The predicted octanol–water partition coefficient (Wildman–Crippen LogP) is 5.16. The summed E-state index contributed by atoms with van der Waals surface area (Å²) >= 11 is 0. The Morgan fingerprint density at radius 2 is 1.79 bits per heavy atom. The van der Waals surface area contributed by atoms with Crippen LogP contribution in [0.15, 0.2) is 55.0 Å². The summed E-state index contributed by atoms with van der Waals surface area (Å²) < 4.78 is 29.1. The van der Waals surface area contributed by atoms with E-state index in [-0.39, 0.29) is 24.1 Å². The van der Waals surface area contributed by atoms with Crippen molar-refractivity contribution in [3.05, 3.63) is 71.9 Å². The first-order valence-electron chi connectivity index (χ1n) is 12.4. The number of amides is 1. The molecule has 10 heteroatoms. The zero-order valence-corrected chi connectivity index (χ0v) is 22.0. The van der Waals surface area contributed by atoms with E-state index in [2.05, 4.69) is 28.8 Å². The van der Waals surface area contributed by atoms with Crippen molar-refractivity contribution in [3.63, 3.8) is 0 Å². The molecule has 5 rings (SSSR count). The minimum absolute atomic E-state index is 0.0595. The van der Waals surface area contributed by atoms with Gasteiger partial charge in [0.15, 0.2) is 11.6 Å². The van der Waals surface area contributed by atoms with Gasteiger partial charge in [-0.25, -0.2) is 15.0 Å². The number of benzene rings is 1. The van der Waals surface area contributed by atoms with Crippen LogP contribution in [0.25, 0.3) is 22.8 Å². The van der Waals surface area contributed by atoms with Crippen molar-refractivity contribution in [1.29, 1.82) is 0 Å². The smallest absolute Gasteiger partial charge is 0.288 e. The SMILES string of the molecule is CC(C)c1ncccc1-c1ncc2c(n1)N(Cc1ccc(-c3nc(C(C)(F)F)cn3C)cc1)CC(=O)N2C. The van der Waals surface area contributed by atoms with E-state index in [1.165, 1.54) is 6.20 Å². The van der Waals surface area contributed by atoms with E-state index in [1.54, 1.807) is 36.0 Å². The van der Waals surface area contributed by atoms with E-state index in [9.17, 15) is 13.6 Å². The van der Waals surface area contributed by atoms with Gasteiger partial charge in [0.2, 0.25) is 5.91 Å². The Balaban J connectivity index is 1.46. The molecule has 0 radical (unpaired) electrons. The quantitative estimate of drug-likeness (QED) is 0.352. The zero-order valence-electron chi connectivity index (χ0n) is 22.0. The van der Waals surface area contributed by atoms with Gasteiger partial charge in [-0.05, 0) is 23.6 Å². The Hall–Kier alpha value is -4.21. The molecule has 196 valence electrons. The Labute approximate surface area is 220 Å². The number of carbonyl (C=O) groups excluding carboxylic acids is 1. The minimum Gasteiger partial charge on any atom is -0.341 e. The van der Waals surface area contributed by atoms with Crippen molar-refractivity contribution in [2.45, 2.75) is 39.2 Å². The summed E-state index contributed by atoms with van der Waals surface area (Å²) in [7, 11) is 3.42. The number of aryl methyl sites for hydroxylation is 1. The predicted molar refractivity (Wildman–Crippen MR) is 142 cm³/mol. The second-order valence-corrected chi connectivity index (χ2v) is 9.95. The van der Waals surface area contributed by atoms with E-state index >= 15 is 0 Å². The van der Waals surface area contributed by atoms with Crippen LogP contribution in [0.3, 0.4) is 0 Å². The van der Waals surface area contributed by atoms with Gasteiger partial charge in [0.25, 0.3) is 5.92 Å². The van der Waals surface area contributed by atoms with Crippen LogP contribution in [0.2, 0.25) is 0 Å². The molecule has 1 aromatic carbocycles. The average Bonchev–Trinajstić information content (AvgIpc) is 3.29. The number of hydrogen-bond acceptors (Lipinski definition) is 6. The molecule has 0 fully saturated rings. The highest BCUT2D eigenvalue weighted by Crippen LogP contribution is 2.35. The van der Waals surface area contributed by atoms with Crippen LogP contribution in [0.5, 0.6) is 0 Å². The molecule has 38 heavy (non-hydrogen) atoms. The fourth-order valence-electron chi connectivity index (χ4n) is 4.57. The van der Waals surface area contributed by atoms with Crippen LogP contribution in [0, 0.1) is 0 Å². The van der Waals surface area contributed by atoms with E-state index in [1.807, 2.05) is 41.3 Å². The Kier molecular flexibility index (Phi) is 6.42. The molecule has 1 amide bonds. The second-order valence-electron chi connectivity index (χ2n) is 9.95. The molecule has 4 heterocycles. The number of pyridine rings is 1. The summed E-state index contributed by atoms with van der Waals surface area (Å²) in [5.41, 5.74) is 3.81. The Morgan fingerprint density at radius 1 is 1.05 bits per heavy atom. The molecule has 3 aromatic heterocycles. The third-order valence-corrected chi connectivity index (χ3v) is 6.65. The number of imidazole rings is 1. The van der Waals surface area contributed by atoms with Crippen molar-refractivity contribution in [3.8, 4) is 22.8 Å². The van der Waals surface area contributed by atoms with Crippen molar-refractivity contribution in [2.24, 2.45) is 7.05 Å². The van der Waals surface area contributed by atoms with Gasteiger partial charge in [-0.2, -0.15) is 8.78 Å². The first-order chi connectivity index (χ1) is 18.0. The van der Waals surface area contributed by atoms with Crippen molar-refractivity contribution < 1.29 is 13.6 Å². The van der Waals surface area contributed by atoms with Gasteiger partial charge in [0, 0.05) is 51.1 Å². The second kappa shape index (κ2) is 9.59. The zero-order chi connectivity index (χ0) is 27.2. The molecule has 0 spiro atoms. The molecular weight excluding hydrogens is 488 g/mol. The van der Waals surface area contributed by atoms with Gasteiger partial charge in [-0.1, -0.05) is 38.1 Å². The molecule has 0 atom stereocenters. The van der Waals surface area contributed by atoms with Gasteiger partial charge < -0.3 is 14.4 Å². The maximum absolute atomic E-state index is 13.7. The molecule has 0 bridgehead atoms. The number of halogens is 2. The lowest BCUT2D eigenvalue weighted by Gasteiger charge is -2.34. The standard InChI is InChI=1S/C28H29F2N7O/c1-17(2)24-20(7-6-12-31-24)25-32-13-21-27(34-25)37(16-23(38)36(21)5)14-18-8-10-19(11-9-18)26-33-22(15-35(26)4)28(3,29)30/h6-13,15,17H,14,16H2,1-5H3. The molecule has 0 N–H and O–H groups in total. The average molecular weight is 518 g/mol. The van der Waals surface area contributed by atoms with E-state index in [4.69, 9.17) is 4.98 Å². The number of fused-ring (bicyclic) bond motifs is 1. The third-order valence-electron chi connectivity index (χ3n) is 6.65. The van der Waals surface area contributed by atoms with Crippen molar-refractivity contribution in [1.82, 2.24) is 24.5 Å². The number of carbonyl (C=O) groups is 1. The number of aromatic nitrogens is 5. The van der Waals surface area contributed by atoms with Crippen molar-refractivity contribution >= 4 is 17.4 Å². The highest BCUT2D eigenvalue weighted by molar-refractivity contribution is 6.01. The molecular formula is C28H29F2N7O. The van der Waals surface area contributed by atoms with Crippen LogP contribution >= 0.6 is 0 Å². The van der Waals surface area contributed by atoms with Gasteiger partial charge in [-0.3, -0.25) is 9.78 Å². The summed E-state index contributed by atoms with van der Waals surface area (Å²) in [6.45, 7) is 5.59. The summed E-state index contributed by atoms with van der Waals surface area (Å²) in [6, 6.07) is 11.4. The fraction of sp³-hybridized carbons (Fsp3) is 0.321. The monoisotopic (exact) mass is 517 g/mol. The van der Waals surface area contributed by atoms with Crippen LogP contribution in [0.4, 0.5) is 20.3 Å². The number of nitrogens with zero attached hydrogens (tertiary/aromatic N) is 7. The van der Waals surface area contributed by atoms with E-state index in [0.29, 0.717) is 29.7 Å². The number of likely N-dealkylation sites (N-methyl/N-ethyl adjacent to an activating group) is 1. The number of rotatable bonds is 6. The molecule has 1 aliphatic heterocycles. The Bertz CT molecular complexity index is 1490. The summed E-state index contributed by atoms with van der Waals surface area (Å²) in [6.07, 6.45) is 4.80. The van der Waals surface area contributed by atoms with Crippen LogP contribution < -0.4 is 9.80 Å². The third kappa shape index (κ3) is 4.73. The molecule has 8 nitrogen and oxygen atoms in total. The molecule has 0 unspecified atom stereocenters. The van der Waals surface area contributed by atoms with Crippen LogP contribution in [0.1, 0.15) is 43.6 Å². The Morgan fingerprint density at radius 3 is 2.45 bits per heavy atom. The summed E-state index contributed by atoms with van der Waals surface area (Å²) in [5.74, 6) is -1.19. The van der Waals surface area contributed by atoms with Gasteiger partial charge in [0.1, 0.15) is 17.2 Å². The molecule has 4 aromatic rings. The minimum atomic E-state index is -3.01. The topological polar surface area (TPSA) is 80.0 Å². The molecule has 1 aliphatic rings. The van der Waals surface area contributed by atoms with Crippen LogP contribution in [-0.2, 0) is 24.3 Å². The van der Waals surface area contributed by atoms with Crippen molar-refractivity contribution in [2.75, 3.05) is 23.4 Å². The molecule has 0 saturated heterocycles. The molecule has 0 saturated carbocycles. The highest BCUT2D eigenvalue weighted by Gasteiger charge is 2.30. The maximum Gasteiger partial charge on any atom is 0.288 e. The maximum atomic E-state index is 13.7. The summed E-state index contributed by atoms with van der Waals surface area (Å²) in [5, 5.41) is 0. The van der Waals surface area contributed by atoms with Crippen LogP contribution in [-0.4, -0.2) is 44.0 Å². The van der Waals surface area contributed by atoms with E-state index < -0.39 is 5.92 Å². The fourth-order valence-corrected chi connectivity index (χ4v) is 4.57. The number of hydrogen-bond donors (Lipinski definition) is 0. The molecule has 0 aliphatic carbocycles. The van der Waals surface area contributed by atoms with Gasteiger partial charge in [0.05, 0.1) is 18.4 Å². The summed E-state index contributed by atoms with van der Waals surface area (Å²) in [4.78, 5) is 34.4. The first kappa shape index (κ1) is 25.4. The first-order valence-corrected chi connectivity index (χ1v) is 12.4. The lowest BCUT2D eigenvalue weighted by atomic mass is 10.0. The largest absolute Gasteiger partial charge is 0.341 e. The van der Waals surface area contributed by atoms with E-state index in [0.717, 1.165) is 29.3 Å². The van der Waals surface area contributed by atoms with Gasteiger partial charge in [-0.15, -0.1) is 0 Å². The number of anilines is 2. The number of alkyl halides is 2. The lowest BCUT2D eigenvalue weighted by Crippen LogP contribution is -2.44.